The van der Waals surface area contributed by atoms with Crippen molar-refractivity contribution in [2.24, 2.45) is 5.10 Å². The van der Waals surface area contributed by atoms with Gasteiger partial charge in [-0.2, -0.15) is 10.1 Å². The standard InChI is InChI=1S/C15H12N4O4/c1-22-10-3-4-11(23-2)9(7-10)8-18-19-14(20)12-13(15(19)21)17-6-5-16-12/h3-8H,1-2H3/b18-8+. The molecule has 0 saturated carbocycles. The Morgan fingerprint density at radius 3 is 2.26 bits per heavy atom. The first kappa shape index (κ1) is 14.6. The highest BCUT2D eigenvalue weighted by molar-refractivity contribution is 6.19. The first-order chi connectivity index (χ1) is 11.2. The van der Waals surface area contributed by atoms with Crippen LogP contribution in [0.5, 0.6) is 11.5 Å². The lowest BCUT2D eigenvalue weighted by atomic mass is 10.2. The Morgan fingerprint density at radius 1 is 1.04 bits per heavy atom. The number of hydrazone groups is 1. The van der Waals surface area contributed by atoms with E-state index in [1.165, 1.54) is 32.8 Å². The molecular formula is C15H12N4O4. The number of aromatic nitrogens is 2. The molecule has 3 rings (SSSR count). The average molecular weight is 312 g/mol. The molecule has 1 aliphatic rings. The molecule has 0 unspecified atom stereocenters. The largest absolute Gasteiger partial charge is 0.497 e. The van der Waals surface area contributed by atoms with Gasteiger partial charge in [-0.15, -0.1) is 0 Å². The highest BCUT2D eigenvalue weighted by Gasteiger charge is 2.38. The average Bonchev–Trinajstić information content (AvgIpc) is 2.84. The second kappa shape index (κ2) is 5.84. The smallest absolute Gasteiger partial charge is 0.302 e. The van der Waals surface area contributed by atoms with Gasteiger partial charge in [0.25, 0.3) is 0 Å². The van der Waals surface area contributed by atoms with Crippen LogP contribution in [0.25, 0.3) is 0 Å². The van der Waals surface area contributed by atoms with E-state index < -0.39 is 11.8 Å². The summed E-state index contributed by atoms with van der Waals surface area (Å²) in [5.74, 6) is -0.104. The van der Waals surface area contributed by atoms with Gasteiger partial charge in [0, 0.05) is 18.0 Å². The van der Waals surface area contributed by atoms with Crippen LogP contribution in [0.3, 0.4) is 0 Å². The molecule has 1 aromatic carbocycles. The number of hydrogen-bond donors (Lipinski definition) is 0. The minimum absolute atomic E-state index is 0.00717. The van der Waals surface area contributed by atoms with Gasteiger partial charge in [0.05, 0.1) is 20.4 Å². The fourth-order valence-corrected chi connectivity index (χ4v) is 2.11. The minimum Gasteiger partial charge on any atom is -0.497 e. The predicted molar refractivity (Wildman–Crippen MR) is 79.7 cm³/mol. The fourth-order valence-electron chi connectivity index (χ4n) is 2.11. The van der Waals surface area contributed by atoms with Crippen molar-refractivity contribution >= 4 is 18.0 Å². The number of imide groups is 1. The zero-order chi connectivity index (χ0) is 16.4. The number of amides is 2. The van der Waals surface area contributed by atoms with Gasteiger partial charge >= 0.3 is 11.8 Å². The number of carbonyl (C=O) groups is 2. The Morgan fingerprint density at radius 2 is 1.70 bits per heavy atom. The minimum atomic E-state index is -0.615. The molecule has 0 radical (unpaired) electrons. The first-order valence-electron chi connectivity index (χ1n) is 6.61. The third-order valence-electron chi connectivity index (χ3n) is 3.24. The number of ether oxygens (including phenoxy) is 2. The van der Waals surface area contributed by atoms with E-state index in [9.17, 15) is 9.59 Å². The van der Waals surface area contributed by atoms with E-state index in [1.54, 1.807) is 18.2 Å². The molecule has 0 spiro atoms. The molecule has 1 aliphatic heterocycles. The topological polar surface area (TPSA) is 94.0 Å². The molecule has 0 bridgehead atoms. The van der Waals surface area contributed by atoms with E-state index >= 15 is 0 Å². The Hall–Kier alpha value is -3.29. The normalized spacial score (nSPS) is 13.6. The van der Waals surface area contributed by atoms with Crippen LogP contribution in [0.1, 0.15) is 26.5 Å². The molecule has 2 aromatic rings. The number of hydrogen-bond acceptors (Lipinski definition) is 7. The Balaban J connectivity index is 1.93. The summed E-state index contributed by atoms with van der Waals surface area (Å²) in [6.07, 6.45) is 4.05. The van der Waals surface area contributed by atoms with Crippen molar-refractivity contribution in [2.45, 2.75) is 0 Å². The van der Waals surface area contributed by atoms with Crippen molar-refractivity contribution in [1.82, 2.24) is 15.0 Å². The monoisotopic (exact) mass is 312 g/mol. The summed E-state index contributed by atoms with van der Waals surface area (Å²) in [5, 5.41) is 4.67. The lowest BCUT2D eigenvalue weighted by Crippen LogP contribution is -2.24. The Bertz CT molecular complexity index is 784. The van der Waals surface area contributed by atoms with Crippen LogP contribution in [0.15, 0.2) is 35.7 Å². The molecular weight excluding hydrogens is 300 g/mol. The van der Waals surface area contributed by atoms with Gasteiger partial charge in [-0.25, -0.2) is 9.97 Å². The number of rotatable bonds is 4. The zero-order valence-electron chi connectivity index (χ0n) is 12.4. The van der Waals surface area contributed by atoms with Gasteiger partial charge in [-0.3, -0.25) is 9.59 Å². The van der Waals surface area contributed by atoms with Gasteiger partial charge in [-0.1, -0.05) is 0 Å². The SMILES string of the molecule is COc1ccc(OC)c(/C=N/N2C(=O)c3nccnc3C2=O)c1. The number of nitrogens with zero attached hydrogens (tertiary/aromatic N) is 4. The van der Waals surface area contributed by atoms with E-state index in [0.717, 1.165) is 5.01 Å². The summed E-state index contributed by atoms with van der Waals surface area (Å²) in [7, 11) is 3.04. The molecule has 0 fully saturated rings. The van der Waals surface area contributed by atoms with Gasteiger partial charge in [0.15, 0.2) is 11.4 Å². The van der Waals surface area contributed by atoms with Crippen LogP contribution in [0.4, 0.5) is 0 Å². The molecule has 2 amide bonds. The van der Waals surface area contributed by atoms with Crippen molar-refractivity contribution in [3.8, 4) is 11.5 Å². The van der Waals surface area contributed by atoms with Crippen LogP contribution < -0.4 is 9.47 Å². The van der Waals surface area contributed by atoms with Crippen molar-refractivity contribution in [2.75, 3.05) is 14.2 Å². The van der Waals surface area contributed by atoms with E-state index in [0.29, 0.717) is 17.1 Å². The molecule has 116 valence electrons. The predicted octanol–water partition coefficient (Wildman–Crippen LogP) is 1.12. The lowest BCUT2D eigenvalue weighted by Gasteiger charge is -2.08. The Kier molecular flexibility index (Phi) is 3.71. The maximum Gasteiger partial charge on any atom is 0.302 e. The molecule has 2 heterocycles. The molecule has 0 atom stereocenters. The number of benzene rings is 1. The summed E-state index contributed by atoms with van der Waals surface area (Å²) < 4.78 is 10.4. The van der Waals surface area contributed by atoms with Crippen molar-refractivity contribution in [3.63, 3.8) is 0 Å². The van der Waals surface area contributed by atoms with Gasteiger partial charge in [0.1, 0.15) is 11.5 Å². The van der Waals surface area contributed by atoms with E-state index in [-0.39, 0.29) is 11.4 Å². The van der Waals surface area contributed by atoms with Crippen LogP contribution >= 0.6 is 0 Å². The van der Waals surface area contributed by atoms with E-state index in [1.807, 2.05) is 0 Å². The third kappa shape index (κ3) is 2.50. The van der Waals surface area contributed by atoms with E-state index in [2.05, 4.69) is 15.1 Å². The molecule has 0 N–H and O–H groups in total. The second-order valence-corrected chi connectivity index (χ2v) is 4.53. The van der Waals surface area contributed by atoms with Crippen LogP contribution in [-0.2, 0) is 0 Å². The lowest BCUT2D eigenvalue weighted by molar-refractivity contribution is 0.0656. The quantitative estimate of drug-likeness (QED) is 0.620. The maximum absolute atomic E-state index is 12.1. The van der Waals surface area contributed by atoms with Gasteiger partial charge in [0.2, 0.25) is 0 Å². The van der Waals surface area contributed by atoms with E-state index in [4.69, 9.17) is 9.47 Å². The molecule has 0 saturated heterocycles. The van der Waals surface area contributed by atoms with Crippen LogP contribution in [-0.4, -0.2) is 47.2 Å². The van der Waals surface area contributed by atoms with Crippen molar-refractivity contribution in [3.05, 3.63) is 47.5 Å². The number of fused-ring (bicyclic) bond motifs is 1. The van der Waals surface area contributed by atoms with Crippen molar-refractivity contribution < 1.29 is 19.1 Å². The summed E-state index contributed by atoms with van der Waals surface area (Å²) in [6.45, 7) is 0. The second-order valence-electron chi connectivity index (χ2n) is 4.53. The molecule has 8 heteroatoms. The zero-order valence-corrected chi connectivity index (χ0v) is 12.4. The van der Waals surface area contributed by atoms with Crippen molar-refractivity contribution in [1.29, 1.82) is 0 Å². The van der Waals surface area contributed by atoms with Crippen LogP contribution in [0.2, 0.25) is 0 Å². The summed E-state index contributed by atoms with van der Waals surface area (Å²) in [5.41, 5.74) is 0.545. The highest BCUT2D eigenvalue weighted by atomic mass is 16.5. The maximum atomic E-state index is 12.1. The Labute approximate surface area is 131 Å². The van der Waals surface area contributed by atoms with Crippen LogP contribution in [0, 0.1) is 0 Å². The number of carbonyl (C=O) groups excluding carboxylic acids is 2. The molecule has 0 aliphatic carbocycles. The highest BCUT2D eigenvalue weighted by Crippen LogP contribution is 2.23. The molecule has 1 aromatic heterocycles. The summed E-state index contributed by atoms with van der Waals surface area (Å²) in [4.78, 5) is 32.0. The molecule has 23 heavy (non-hydrogen) atoms. The summed E-state index contributed by atoms with van der Waals surface area (Å²) >= 11 is 0. The summed E-state index contributed by atoms with van der Waals surface area (Å²) in [6, 6.07) is 5.11. The molecule has 8 nitrogen and oxygen atoms in total. The third-order valence-corrected chi connectivity index (χ3v) is 3.24. The van der Waals surface area contributed by atoms with Gasteiger partial charge < -0.3 is 9.47 Å². The number of methoxy groups -OCH3 is 2. The first-order valence-corrected chi connectivity index (χ1v) is 6.61. The fraction of sp³-hybridized carbons (Fsp3) is 0.133. The van der Waals surface area contributed by atoms with Gasteiger partial charge in [-0.05, 0) is 18.2 Å².